The molecule has 3 nitrogen and oxygen atoms in total. The van der Waals surface area contributed by atoms with Gasteiger partial charge in [0.05, 0.1) is 10.6 Å². The number of nitrogens with two attached hydrogens (primary N) is 1. The second-order valence-electron chi connectivity index (χ2n) is 4.33. The number of nitrogen functional groups attached to an aromatic ring is 1. The summed E-state index contributed by atoms with van der Waals surface area (Å²) < 4.78 is 0. The van der Waals surface area contributed by atoms with Crippen molar-refractivity contribution in [2.45, 2.75) is 32.1 Å². The lowest BCUT2D eigenvalue weighted by Crippen LogP contribution is -1.81. The van der Waals surface area contributed by atoms with Crippen LogP contribution in [0.1, 0.15) is 29.7 Å². The van der Waals surface area contributed by atoms with Gasteiger partial charge in [0.15, 0.2) is 0 Å². The summed E-state index contributed by atoms with van der Waals surface area (Å²) in [6.45, 7) is 0. The first kappa shape index (κ1) is 9.90. The highest BCUT2D eigenvalue weighted by molar-refractivity contribution is 7.15. The Morgan fingerprint density at radius 2 is 2.06 bits per heavy atom. The van der Waals surface area contributed by atoms with Gasteiger partial charge in [-0.3, -0.25) is 5.10 Å². The maximum atomic E-state index is 5.63. The zero-order chi connectivity index (χ0) is 11.0. The van der Waals surface area contributed by atoms with Gasteiger partial charge in [0.25, 0.3) is 0 Å². The first-order valence-corrected chi connectivity index (χ1v) is 6.57. The minimum absolute atomic E-state index is 0.568. The van der Waals surface area contributed by atoms with Gasteiger partial charge in [0, 0.05) is 10.9 Å². The lowest BCUT2D eigenvalue weighted by atomic mass is 10.1. The molecular weight excluding hydrogens is 218 g/mol. The van der Waals surface area contributed by atoms with E-state index in [0.717, 1.165) is 5.69 Å². The number of thiophene rings is 1. The molecule has 0 radical (unpaired) electrons. The second kappa shape index (κ2) is 3.94. The SMILES string of the molecule is Nc1cc(-c2cc3c(s2)CCCCC3)[nH]n1. The van der Waals surface area contributed by atoms with Crippen molar-refractivity contribution in [3.05, 3.63) is 22.6 Å². The largest absolute Gasteiger partial charge is 0.382 e. The molecule has 0 fully saturated rings. The first-order valence-electron chi connectivity index (χ1n) is 5.76. The van der Waals surface area contributed by atoms with Crippen molar-refractivity contribution in [2.24, 2.45) is 0 Å². The van der Waals surface area contributed by atoms with Gasteiger partial charge in [-0.25, -0.2) is 0 Å². The molecule has 3 rings (SSSR count). The Kier molecular flexibility index (Phi) is 2.44. The van der Waals surface area contributed by atoms with Crippen LogP contribution in [0.15, 0.2) is 12.1 Å². The molecule has 2 aromatic heterocycles. The zero-order valence-electron chi connectivity index (χ0n) is 9.12. The van der Waals surface area contributed by atoms with Gasteiger partial charge in [-0.2, -0.15) is 5.10 Å². The average molecular weight is 233 g/mol. The van der Waals surface area contributed by atoms with E-state index in [1.807, 2.05) is 17.4 Å². The van der Waals surface area contributed by atoms with Gasteiger partial charge in [-0.1, -0.05) is 6.42 Å². The fourth-order valence-electron chi connectivity index (χ4n) is 2.26. The fourth-order valence-corrected chi connectivity index (χ4v) is 3.48. The van der Waals surface area contributed by atoms with E-state index < -0.39 is 0 Å². The van der Waals surface area contributed by atoms with E-state index in [4.69, 9.17) is 5.73 Å². The molecule has 4 heteroatoms. The number of anilines is 1. The highest BCUT2D eigenvalue weighted by Crippen LogP contribution is 2.34. The van der Waals surface area contributed by atoms with Crippen LogP contribution in [0.3, 0.4) is 0 Å². The van der Waals surface area contributed by atoms with E-state index in [2.05, 4.69) is 16.3 Å². The molecule has 0 aliphatic heterocycles. The standard InChI is InChI=1S/C12H15N3S/c13-12-7-9(14-15-12)11-6-8-4-2-1-3-5-10(8)16-11/h6-7H,1-5H2,(H3,13,14,15). The molecule has 16 heavy (non-hydrogen) atoms. The number of hydrogen-bond acceptors (Lipinski definition) is 3. The van der Waals surface area contributed by atoms with Gasteiger partial charge in [-0.15, -0.1) is 11.3 Å². The zero-order valence-corrected chi connectivity index (χ0v) is 9.94. The van der Waals surface area contributed by atoms with E-state index in [-0.39, 0.29) is 0 Å². The molecule has 84 valence electrons. The van der Waals surface area contributed by atoms with Crippen molar-refractivity contribution in [1.82, 2.24) is 10.2 Å². The van der Waals surface area contributed by atoms with Crippen LogP contribution in [0.25, 0.3) is 10.6 Å². The second-order valence-corrected chi connectivity index (χ2v) is 5.46. The Labute approximate surface area is 98.7 Å². The maximum Gasteiger partial charge on any atom is 0.145 e. The van der Waals surface area contributed by atoms with Crippen molar-refractivity contribution < 1.29 is 0 Å². The number of fused-ring (bicyclic) bond motifs is 1. The van der Waals surface area contributed by atoms with Crippen LogP contribution in [0.5, 0.6) is 0 Å². The minimum Gasteiger partial charge on any atom is -0.382 e. The average Bonchev–Trinajstić information content (AvgIpc) is 2.81. The van der Waals surface area contributed by atoms with E-state index in [1.165, 1.54) is 42.5 Å². The van der Waals surface area contributed by atoms with E-state index >= 15 is 0 Å². The highest BCUT2D eigenvalue weighted by atomic mass is 32.1. The Morgan fingerprint density at radius 3 is 2.88 bits per heavy atom. The number of nitrogens with one attached hydrogen (secondary N) is 1. The van der Waals surface area contributed by atoms with Crippen molar-refractivity contribution in [1.29, 1.82) is 0 Å². The number of aromatic nitrogens is 2. The maximum absolute atomic E-state index is 5.63. The molecular formula is C12H15N3S. The van der Waals surface area contributed by atoms with Crippen molar-refractivity contribution in [3.8, 4) is 10.6 Å². The number of hydrogen-bond donors (Lipinski definition) is 2. The smallest absolute Gasteiger partial charge is 0.145 e. The summed E-state index contributed by atoms with van der Waals surface area (Å²) >= 11 is 1.89. The number of nitrogens with zero attached hydrogens (tertiary/aromatic N) is 1. The summed E-state index contributed by atoms with van der Waals surface area (Å²) in [4.78, 5) is 2.83. The van der Waals surface area contributed by atoms with Crippen LogP contribution in [-0.2, 0) is 12.8 Å². The molecule has 2 heterocycles. The monoisotopic (exact) mass is 233 g/mol. The minimum atomic E-state index is 0.568. The molecule has 2 aromatic rings. The van der Waals surface area contributed by atoms with E-state index in [1.54, 1.807) is 4.88 Å². The molecule has 0 saturated heterocycles. The summed E-state index contributed by atoms with van der Waals surface area (Å²) in [5, 5.41) is 6.96. The molecule has 0 bridgehead atoms. The van der Waals surface area contributed by atoms with Crippen LogP contribution < -0.4 is 5.73 Å². The summed E-state index contributed by atoms with van der Waals surface area (Å²) in [5.41, 5.74) is 8.21. The van der Waals surface area contributed by atoms with Crippen LogP contribution >= 0.6 is 11.3 Å². The fraction of sp³-hybridized carbons (Fsp3) is 0.417. The predicted octanol–water partition coefficient (Wildman–Crippen LogP) is 2.99. The first-order chi connectivity index (χ1) is 7.83. The molecule has 3 N–H and O–H groups in total. The quantitative estimate of drug-likeness (QED) is 0.744. The predicted molar refractivity (Wildman–Crippen MR) is 67.6 cm³/mol. The Bertz CT molecular complexity index is 475. The number of rotatable bonds is 1. The third-order valence-corrected chi connectivity index (χ3v) is 4.38. The molecule has 0 amide bonds. The van der Waals surface area contributed by atoms with Crippen molar-refractivity contribution >= 4 is 17.2 Å². The molecule has 0 aromatic carbocycles. The van der Waals surface area contributed by atoms with Gasteiger partial charge in [0.2, 0.25) is 0 Å². The summed E-state index contributed by atoms with van der Waals surface area (Å²) in [7, 11) is 0. The summed E-state index contributed by atoms with van der Waals surface area (Å²) in [5.74, 6) is 0.568. The number of aromatic amines is 1. The van der Waals surface area contributed by atoms with Gasteiger partial charge < -0.3 is 5.73 Å². The van der Waals surface area contributed by atoms with Gasteiger partial charge in [0.1, 0.15) is 5.82 Å². The topological polar surface area (TPSA) is 54.7 Å². The Morgan fingerprint density at radius 1 is 1.19 bits per heavy atom. The number of H-pyrrole nitrogens is 1. The highest BCUT2D eigenvalue weighted by Gasteiger charge is 2.14. The normalized spacial score (nSPS) is 15.8. The summed E-state index contributed by atoms with van der Waals surface area (Å²) in [6, 6.07) is 4.21. The lowest BCUT2D eigenvalue weighted by molar-refractivity contribution is 0.713. The molecule has 0 unspecified atom stereocenters. The van der Waals surface area contributed by atoms with Crippen LogP contribution in [0.4, 0.5) is 5.82 Å². The van der Waals surface area contributed by atoms with Gasteiger partial charge in [-0.05, 0) is 37.3 Å². The Balaban J connectivity index is 1.98. The van der Waals surface area contributed by atoms with Gasteiger partial charge >= 0.3 is 0 Å². The van der Waals surface area contributed by atoms with Crippen molar-refractivity contribution in [3.63, 3.8) is 0 Å². The lowest BCUT2D eigenvalue weighted by Gasteiger charge is -1.92. The molecule has 1 aliphatic carbocycles. The van der Waals surface area contributed by atoms with E-state index in [9.17, 15) is 0 Å². The summed E-state index contributed by atoms with van der Waals surface area (Å²) in [6.07, 6.45) is 6.50. The third-order valence-electron chi connectivity index (χ3n) is 3.11. The Hall–Kier alpha value is -1.29. The number of aryl methyl sites for hydroxylation is 2. The van der Waals surface area contributed by atoms with Crippen LogP contribution in [0.2, 0.25) is 0 Å². The third kappa shape index (κ3) is 1.73. The van der Waals surface area contributed by atoms with Crippen molar-refractivity contribution in [2.75, 3.05) is 5.73 Å². The molecule has 0 atom stereocenters. The van der Waals surface area contributed by atoms with Crippen LogP contribution in [-0.4, -0.2) is 10.2 Å². The molecule has 0 saturated carbocycles. The molecule has 0 spiro atoms. The van der Waals surface area contributed by atoms with E-state index in [0.29, 0.717) is 5.82 Å². The molecule has 1 aliphatic rings. The van der Waals surface area contributed by atoms with Crippen LogP contribution in [0, 0.1) is 0 Å².